The Morgan fingerprint density at radius 3 is 2.76 bits per heavy atom. The molecule has 0 bridgehead atoms. The van der Waals surface area contributed by atoms with E-state index in [4.69, 9.17) is 9.47 Å². The number of ether oxygens (including phenoxy) is 2. The van der Waals surface area contributed by atoms with E-state index < -0.39 is 0 Å². The highest BCUT2D eigenvalue weighted by Gasteiger charge is 2.23. The molecule has 0 aliphatic carbocycles. The van der Waals surface area contributed by atoms with Gasteiger partial charge in [-0.3, -0.25) is 0 Å². The maximum Gasteiger partial charge on any atom is 0.338 e. The van der Waals surface area contributed by atoms with Crippen molar-refractivity contribution in [2.45, 2.75) is 33.3 Å². The van der Waals surface area contributed by atoms with Crippen LogP contribution in [0.25, 0.3) is 0 Å². The maximum absolute atomic E-state index is 11.9. The Hall–Kier alpha value is -1.77. The molecule has 0 saturated heterocycles. The van der Waals surface area contributed by atoms with Crippen LogP contribution in [0.2, 0.25) is 0 Å². The standard InChI is InChI=1S/C14H16O3/c1-9(2)16-14(15)12-8-11-6-4-5-7-13(11)17-10(12)3/h4-7,9H,8H2,1-3H3. The molecule has 2 rings (SSSR count). The molecule has 1 aromatic carbocycles. The first kappa shape index (κ1) is 11.7. The van der Waals surface area contributed by atoms with E-state index in [9.17, 15) is 4.79 Å². The molecular weight excluding hydrogens is 216 g/mol. The summed E-state index contributed by atoms with van der Waals surface area (Å²) in [6.07, 6.45) is 0.466. The van der Waals surface area contributed by atoms with Gasteiger partial charge in [0, 0.05) is 6.42 Å². The largest absolute Gasteiger partial charge is 0.461 e. The van der Waals surface area contributed by atoms with Crippen molar-refractivity contribution in [1.29, 1.82) is 0 Å². The predicted octanol–water partition coefficient (Wildman–Crippen LogP) is 2.85. The molecule has 0 spiro atoms. The van der Waals surface area contributed by atoms with Gasteiger partial charge in [-0.05, 0) is 32.4 Å². The summed E-state index contributed by atoms with van der Waals surface area (Å²) in [6.45, 7) is 5.48. The monoisotopic (exact) mass is 232 g/mol. The van der Waals surface area contributed by atoms with E-state index in [0.29, 0.717) is 17.8 Å². The lowest BCUT2D eigenvalue weighted by Crippen LogP contribution is -2.20. The Balaban J connectivity index is 2.23. The van der Waals surface area contributed by atoms with E-state index in [-0.39, 0.29) is 12.1 Å². The smallest absolute Gasteiger partial charge is 0.338 e. The lowest BCUT2D eigenvalue weighted by atomic mass is 10.0. The number of para-hydroxylation sites is 1. The Bertz CT molecular complexity index is 472. The summed E-state index contributed by atoms with van der Waals surface area (Å²) >= 11 is 0. The van der Waals surface area contributed by atoms with Gasteiger partial charge in [0.05, 0.1) is 11.7 Å². The Labute approximate surface area is 101 Å². The first-order valence-corrected chi connectivity index (χ1v) is 5.74. The van der Waals surface area contributed by atoms with Crippen molar-refractivity contribution in [1.82, 2.24) is 0 Å². The number of carbonyl (C=O) groups excluding carboxylic acids is 1. The summed E-state index contributed by atoms with van der Waals surface area (Å²) in [5, 5.41) is 0. The molecule has 0 fully saturated rings. The number of carbonyl (C=O) groups is 1. The number of benzene rings is 1. The van der Waals surface area contributed by atoms with Gasteiger partial charge in [0.2, 0.25) is 0 Å². The molecule has 0 atom stereocenters. The fraction of sp³-hybridized carbons (Fsp3) is 0.357. The van der Waals surface area contributed by atoms with Crippen molar-refractivity contribution < 1.29 is 14.3 Å². The summed E-state index contributed by atoms with van der Waals surface area (Å²) in [4.78, 5) is 11.9. The van der Waals surface area contributed by atoms with Gasteiger partial charge in [-0.1, -0.05) is 18.2 Å². The van der Waals surface area contributed by atoms with E-state index in [1.165, 1.54) is 0 Å². The third-order valence-electron chi connectivity index (χ3n) is 2.62. The van der Waals surface area contributed by atoms with Gasteiger partial charge in [0.15, 0.2) is 0 Å². The van der Waals surface area contributed by atoms with E-state index in [1.54, 1.807) is 6.92 Å². The van der Waals surface area contributed by atoms with Crippen molar-refractivity contribution in [3.63, 3.8) is 0 Å². The van der Waals surface area contributed by atoms with Crippen LogP contribution in [0.3, 0.4) is 0 Å². The average Bonchev–Trinajstić information content (AvgIpc) is 2.27. The fourth-order valence-corrected chi connectivity index (χ4v) is 1.79. The molecule has 1 aromatic rings. The number of fused-ring (bicyclic) bond motifs is 1. The maximum atomic E-state index is 11.9. The van der Waals surface area contributed by atoms with E-state index in [0.717, 1.165) is 11.3 Å². The predicted molar refractivity (Wildman–Crippen MR) is 64.7 cm³/mol. The third-order valence-corrected chi connectivity index (χ3v) is 2.62. The van der Waals surface area contributed by atoms with Gasteiger partial charge in [-0.25, -0.2) is 4.79 Å². The van der Waals surface area contributed by atoms with Crippen molar-refractivity contribution in [2.75, 3.05) is 0 Å². The zero-order valence-corrected chi connectivity index (χ0v) is 10.3. The van der Waals surface area contributed by atoms with Gasteiger partial charge < -0.3 is 9.47 Å². The SMILES string of the molecule is CC1=C(C(=O)OC(C)C)Cc2ccccc2O1. The van der Waals surface area contributed by atoms with Crippen LogP contribution >= 0.6 is 0 Å². The van der Waals surface area contributed by atoms with Crippen LogP contribution in [0.1, 0.15) is 26.3 Å². The van der Waals surface area contributed by atoms with Crippen LogP contribution in [0.15, 0.2) is 35.6 Å². The highest BCUT2D eigenvalue weighted by Crippen LogP contribution is 2.30. The van der Waals surface area contributed by atoms with Gasteiger partial charge in [-0.2, -0.15) is 0 Å². The summed E-state index contributed by atoms with van der Waals surface area (Å²) in [7, 11) is 0. The van der Waals surface area contributed by atoms with Crippen molar-refractivity contribution in [3.8, 4) is 5.75 Å². The van der Waals surface area contributed by atoms with E-state index in [1.807, 2.05) is 38.1 Å². The second-order valence-corrected chi connectivity index (χ2v) is 4.38. The lowest BCUT2D eigenvalue weighted by molar-refractivity contribution is -0.143. The van der Waals surface area contributed by atoms with Crippen molar-refractivity contribution in [2.24, 2.45) is 0 Å². The highest BCUT2D eigenvalue weighted by atomic mass is 16.5. The molecule has 0 saturated carbocycles. The minimum atomic E-state index is -0.285. The Kier molecular flexibility index (Phi) is 3.18. The van der Waals surface area contributed by atoms with Gasteiger partial charge in [0.1, 0.15) is 11.5 Å². The van der Waals surface area contributed by atoms with Crippen LogP contribution in [0.4, 0.5) is 0 Å². The molecule has 0 aromatic heterocycles. The Morgan fingerprint density at radius 2 is 2.06 bits per heavy atom. The quantitative estimate of drug-likeness (QED) is 0.735. The number of hydrogen-bond donors (Lipinski definition) is 0. The van der Waals surface area contributed by atoms with Crippen LogP contribution in [-0.2, 0) is 16.0 Å². The van der Waals surface area contributed by atoms with Crippen LogP contribution in [0.5, 0.6) is 5.75 Å². The topological polar surface area (TPSA) is 35.5 Å². The van der Waals surface area contributed by atoms with Crippen LogP contribution in [-0.4, -0.2) is 12.1 Å². The molecule has 0 N–H and O–H groups in total. The normalized spacial score (nSPS) is 14.4. The molecule has 1 aliphatic rings. The number of esters is 1. The first-order chi connectivity index (χ1) is 8.08. The summed E-state index contributed by atoms with van der Waals surface area (Å²) in [6, 6.07) is 7.73. The highest BCUT2D eigenvalue weighted by molar-refractivity contribution is 5.90. The van der Waals surface area contributed by atoms with Gasteiger partial charge in [-0.15, -0.1) is 0 Å². The Morgan fingerprint density at radius 1 is 1.35 bits per heavy atom. The van der Waals surface area contributed by atoms with E-state index >= 15 is 0 Å². The van der Waals surface area contributed by atoms with Gasteiger partial charge in [0.25, 0.3) is 0 Å². The minimum absolute atomic E-state index is 0.111. The van der Waals surface area contributed by atoms with Crippen LogP contribution in [0, 0.1) is 0 Å². The van der Waals surface area contributed by atoms with Crippen molar-refractivity contribution >= 4 is 5.97 Å². The molecule has 90 valence electrons. The number of rotatable bonds is 2. The summed E-state index contributed by atoms with van der Waals surface area (Å²) in [5.74, 6) is 1.17. The summed E-state index contributed by atoms with van der Waals surface area (Å²) in [5.41, 5.74) is 1.63. The van der Waals surface area contributed by atoms with Crippen molar-refractivity contribution in [3.05, 3.63) is 41.2 Å². The lowest BCUT2D eigenvalue weighted by Gasteiger charge is -2.21. The zero-order valence-electron chi connectivity index (χ0n) is 10.3. The molecule has 0 radical (unpaired) electrons. The summed E-state index contributed by atoms with van der Waals surface area (Å²) < 4.78 is 10.8. The number of hydrogen-bond acceptors (Lipinski definition) is 3. The minimum Gasteiger partial charge on any atom is -0.461 e. The molecule has 3 nitrogen and oxygen atoms in total. The van der Waals surface area contributed by atoms with Gasteiger partial charge >= 0.3 is 5.97 Å². The average molecular weight is 232 g/mol. The molecule has 17 heavy (non-hydrogen) atoms. The fourth-order valence-electron chi connectivity index (χ4n) is 1.79. The molecule has 3 heteroatoms. The molecule has 0 amide bonds. The van der Waals surface area contributed by atoms with E-state index in [2.05, 4.69) is 0 Å². The second-order valence-electron chi connectivity index (χ2n) is 4.38. The number of allylic oxidation sites excluding steroid dienone is 1. The second kappa shape index (κ2) is 4.62. The zero-order chi connectivity index (χ0) is 12.4. The molecular formula is C14H16O3. The first-order valence-electron chi connectivity index (χ1n) is 5.74. The molecule has 1 aliphatic heterocycles. The van der Waals surface area contributed by atoms with Crippen LogP contribution < -0.4 is 4.74 Å². The molecule has 0 unspecified atom stereocenters. The third kappa shape index (κ3) is 2.49. The molecule has 1 heterocycles.